The van der Waals surface area contributed by atoms with Crippen molar-refractivity contribution in [3.8, 4) is 0 Å². The largest absolute Gasteiger partial charge is 0.351 e. The summed E-state index contributed by atoms with van der Waals surface area (Å²) in [7, 11) is 0. The van der Waals surface area contributed by atoms with Gasteiger partial charge in [-0.2, -0.15) is 15.1 Å². The monoisotopic (exact) mass is 426 g/mol. The van der Waals surface area contributed by atoms with E-state index in [1.54, 1.807) is 0 Å². The minimum Gasteiger partial charge on any atom is -0.351 e. The minimum atomic E-state index is 0.795. The van der Waals surface area contributed by atoms with Crippen LogP contribution >= 0.6 is 0 Å². The molecule has 2 aliphatic heterocycles. The second kappa shape index (κ2) is 8.20. The molecule has 2 aliphatic rings. The first-order valence-electron chi connectivity index (χ1n) is 11.2. The van der Waals surface area contributed by atoms with E-state index in [4.69, 9.17) is 9.97 Å². The van der Waals surface area contributed by atoms with E-state index in [9.17, 15) is 0 Å². The molecule has 0 atom stereocenters. The summed E-state index contributed by atoms with van der Waals surface area (Å²) in [5.74, 6) is 1.80. The molecule has 162 valence electrons. The van der Waals surface area contributed by atoms with Crippen LogP contribution in [0.15, 0.2) is 54.9 Å². The molecule has 4 aromatic rings. The van der Waals surface area contributed by atoms with Crippen molar-refractivity contribution in [1.82, 2.24) is 30.0 Å². The fourth-order valence-electron chi connectivity index (χ4n) is 4.67. The SMILES string of the molecule is c1ccc(CN2CCc3n[nH]c4nc(N5CCN(Cc6cccnc6)CC5)nc2c34)cc1. The highest BCUT2D eigenvalue weighted by Crippen LogP contribution is 2.33. The van der Waals surface area contributed by atoms with Gasteiger partial charge in [-0.05, 0) is 17.2 Å². The molecule has 8 heteroatoms. The predicted octanol–water partition coefficient (Wildman–Crippen LogP) is 2.63. The van der Waals surface area contributed by atoms with Gasteiger partial charge in [-0.25, -0.2) is 0 Å². The number of hydrogen-bond acceptors (Lipinski definition) is 7. The number of H-pyrrole nitrogens is 1. The number of rotatable bonds is 5. The molecule has 8 nitrogen and oxygen atoms in total. The van der Waals surface area contributed by atoms with Gasteiger partial charge >= 0.3 is 0 Å². The second-order valence-electron chi connectivity index (χ2n) is 8.52. The summed E-state index contributed by atoms with van der Waals surface area (Å²) in [4.78, 5) is 21.3. The van der Waals surface area contributed by atoms with E-state index in [1.807, 2.05) is 18.5 Å². The summed E-state index contributed by atoms with van der Waals surface area (Å²) < 4.78 is 0. The van der Waals surface area contributed by atoms with Crippen LogP contribution in [0, 0.1) is 0 Å². The molecule has 0 amide bonds. The average Bonchev–Trinajstić information content (AvgIpc) is 3.26. The van der Waals surface area contributed by atoms with E-state index in [1.165, 1.54) is 11.1 Å². The van der Waals surface area contributed by atoms with Gasteiger partial charge in [0.2, 0.25) is 5.95 Å². The van der Waals surface area contributed by atoms with Crippen LogP contribution in [0.3, 0.4) is 0 Å². The zero-order valence-corrected chi connectivity index (χ0v) is 18.0. The zero-order chi connectivity index (χ0) is 21.3. The van der Waals surface area contributed by atoms with E-state index < -0.39 is 0 Å². The molecule has 1 fully saturated rings. The lowest BCUT2D eigenvalue weighted by Gasteiger charge is -2.35. The number of nitrogens with one attached hydrogen (secondary N) is 1. The molecule has 1 N–H and O–H groups in total. The van der Waals surface area contributed by atoms with Gasteiger partial charge in [0, 0.05) is 64.6 Å². The summed E-state index contributed by atoms with van der Waals surface area (Å²) in [6.07, 6.45) is 4.68. The molecule has 6 rings (SSSR count). The molecular weight excluding hydrogens is 400 g/mol. The molecule has 3 aromatic heterocycles. The zero-order valence-electron chi connectivity index (χ0n) is 18.0. The van der Waals surface area contributed by atoms with Crippen molar-refractivity contribution in [1.29, 1.82) is 0 Å². The maximum atomic E-state index is 5.07. The van der Waals surface area contributed by atoms with Crippen LogP contribution in [0.25, 0.3) is 11.0 Å². The summed E-state index contributed by atoms with van der Waals surface area (Å²) in [6.45, 7) is 6.46. The lowest BCUT2D eigenvalue weighted by molar-refractivity contribution is 0.248. The molecule has 5 heterocycles. The van der Waals surface area contributed by atoms with Crippen molar-refractivity contribution in [3.05, 3.63) is 71.7 Å². The number of hydrogen-bond donors (Lipinski definition) is 1. The lowest BCUT2D eigenvalue weighted by atomic mass is 10.1. The Balaban J connectivity index is 1.23. The second-order valence-corrected chi connectivity index (χ2v) is 8.52. The first-order chi connectivity index (χ1) is 15.8. The molecule has 0 spiro atoms. The third-order valence-electron chi connectivity index (χ3n) is 6.38. The summed E-state index contributed by atoms with van der Waals surface area (Å²) in [5.41, 5.74) is 4.46. The van der Waals surface area contributed by atoms with Gasteiger partial charge in [0.15, 0.2) is 5.65 Å². The van der Waals surface area contributed by atoms with Crippen LogP contribution in [0.5, 0.6) is 0 Å². The third kappa shape index (κ3) is 3.67. The number of piperazine rings is 1. The van der Waals surface area contributed by atoms with E-state index in [2.05, 4.69) is 66.3 Å². The van der Waals surface area contributed by atoms with Crippen molar-refractivity contribution in [2.75, 3.05) is 42.5 Å². The standard InChI is InChI=1S/C24H26N8/c1-2-5-18(6-3-1)17-32-10-8-20-21-22(29-28-20)26-24(27-23(21)32)31-13-11-30(12-14-31)16-19-7-4-9-25-15-19/h1-7,9,15H,8,10-14,16-17H2,(H,26,27,28,29). The Morgan fingerprint density at radius 2 is 1.69 bits per heavy atom. The third-order valence-corrected chi connectivity index (χ3v) is 6.38. The highest BCUT2D eigenvalue weighted by molar-refractivity contribution is 5.91. The first-order valence-corrected chi connectivity index (χ1v) is 11.2. The Kier molecular flexibility index (Phi) is 4.92. The fourth-order valence-corrected chi connectivity index (χ4v) is 4.67. The molecule has 1 aromatic carbocycles. The maximum Gasteiger partial charge on any atom is 0.229 e. The van der Waals surface area contributed by atoms with E-state index >= 15 is 0 Å². The molecule has 32 heavy (non-hydrogen) atoms. The number of benzene rings is 1. The van der Waals surface area contributed by atoms with Crippen molar-refractivity contribution in [2.24, 2.45) is 0 Å². The van der Waals surface area contributed by atoms with E-state index in [-0.39, 0.29) is 0 Å². The van der Waals surface area contributed by atoms with Crippen molar-refractivity contribution in [3.63, 3.8) is 0 Å². The number of aromatic nitrogens is 5. The average molecular weight is 427 g/mol. The van der Waals surface area contributed by atoms with Crippen LogP contribution in [0.4, 0.5) is 11.8 Å². The molecular formula is C24H26N8. The van der Waals surface area contributed by atoms with E-state index in [0.29, 0.717) is 0 Å². The highest BCUT2D eigenvalue weighted by Gasteiger charge is 2.27. The Morgan fingerprint density at radius 1 is 0.844 bits per heavy atom. The van der Waals surface area contributed by atoms with Gasteiger partial charge < -0.3 is 9.80 Å². The predicted molar refractivity (Wildman–Crippen MR) is 125 cm³/mol. The van der Waals surface area contributed by atoms with Crippen molar-refractivity contribution in [2.45, 2.75) is 19.5 Å². The number of anilines is 2. The van der Waals surface area contributed by atoms with Crippen LogP contribution in [-0.4, -0.2) is 62.8 Å². The number of pyridine rings is 1. The summed E-state index contributed by atoms with van der Waals surface area (Å²) in [6, 6.07) is 14.7. The maximum absolute atomic E-state index is 5.07. The van der Waals surface area contributed by atoms with Crippen molar-refractivity contribution >= 4 is 22.8 Å². The Morgan fingerprint density at radius 3 is 2.50 bits per heavy atom. The molecule has 0 unspecified atom stereocenters. The smallest absolute Gasteiger partial charge is 0.229 e. The lowest BCUT2D eigenvalue weighted by Crippen LogP contribution is -2.46. The molecule has 1 saturated heterocycles. The van der Waals surface area contributed by atoms with Gasteiger partial charge in [0.1, 0.15) is 5.82 Å². The Hall–Kier alpha value is -3.52. The molecule has 0 radical (unpaired) electrons. The van der Waals surface area contributed by atoms with Gasteiger partial charge in [-0.15, -0.1) is 0 Å². The topological polar surface area (TPSA) is 77.1 Å². The van der Waals surface area contributed by atoms with E-state index in [0.717, 1.165) is 80.7 Å². The van der Waals surface area contributed by atoms with Crippen LogP contribution in [0.2, 0.25) is 0 Å². The van der Waals surface area contributed by atoms with Gasteiger partial charge in [0.25, 0.3) is 0 Å². The number of aromatic amines is 1. The summed E-state index contributed by atoms with van der Waals surface area (Å²) >= 11 is 0. The van der Waals surface area contributed by atoms with Crippen LogP contribution in [0.1, 0.15) is 16.8 Å². The normalized spacial score (nSPS) is 16.6. The Labute approximate surface area is 186 Å². The quantitative estimate of drug-likeness (QED) is 0.526. The van der Waals surface area contributed by atoms with Gasteiger partial charge in [-0.1, -0.05) is 36.4 Å². The van der Waals surface area contributed by atoms with Crippen molar-refractivity contribution < 1.29 is 0 Å². The molecule has 0 saturated carbocycles. The van der Waals surface area contributed by atoms with Crippen LogP contribution < -0.4 is 9.80 Å². The van der Waals surface area contributed by atoms with Crippen LogP contribution in [-0.2, 0) is 19.5 Å². The molecule has 0 aliphatic carbocycles. The first kappa shape index (κ1) is 19.2. The number of nitrogens with zero attached hydrogens (tertiary/aromatic N) is 7. The Bertz CT molecular complexity index is 1200. The molecule has 0 bridgehead atoms. The summed E-state index contributed by atoms with van der Waals surface area (Å²) in [5, 5.41) is 8.75. The van der Waals surface area contributed by atoms with Gasteiger partial charge in [-0.3, -0.25) is 15.0 Å². The van der Waals surface area contributed by atoms with Gasteiger partial charge in [0.05, 0.1) is 11.1 Å². The fraction of sp³-hybridized carbons (Fsp3) is 0.333. The highest BCUT2D eigenvalue weighted by atomic mass is 15.4. The minimum absolute atomic E-state index is 0.795.